The van der Waals surface area contributed by atoms with Gasteiger partial charge in [-0.05, 0) is 51.7 Å². The molecular weight excluding hydrogens is 198 g/mol. The zero-order valence-electron chi connectivity index (χ0n) is 10.9. The number of hydrogen-bond acceptors (Lipinski definition) is 3. The standard InChI is InChI=1S/C13H27N3/c1-3-16-8-4-5-12(16)9-15(2)10-13(14)11-6-7-11/h11-13H,3-10,14H2,1-2H3. The van der Waals surface area contributed by atoms with Gasteiger partial charge in [0.1, 0.15) is 0 Å². The monoisotopic (exact) mass is 225 g/mol. The third-order valence-electron chi connectivity index (χ3n) is 4.18. The fraction of sp³-hybridized carbons (Fsp3) is 1.00. The summed E-state index contributed by atoms with van der Waals surface area (Å²) in [5.41, 5.74) is 6.17. The third kappa shape index (κ3) is 3.19. The Hall–Kier alpha value is -0.120. The number of likely N-dealkylation sites (N-methyl/N-ethyl adjacent to an activating group) is 2. The van der Waals surface area contributed by atoms with Crippen molar-refractivity contribution in [3.63, 3.8) is 0 Å². The van der Waals surface area contributed by atoms with Crippen molar-refractivity contribution in [3.8, 4) is 0 Å². The van der Waals surface area contributed by atoms with E-state index in [1.807, 2.05) is 0 Å². The van der Waals surface area contributed by atoms with Crippen LogP contribution in [0.2, 0.25) is 0 Å². The lowest BCUT2D eigenvalue weighted by Gasteiger charge is -2.29. The second-order valence-electron chi connectivity index (χ2n) is 5.65. The Morgan fingerprint density at radius 1 is 1.38 bits per heavy atom. The Morgan fingerprint density at radius 3 is 2.75 bits per heavy atom. The Bertz CT molecular complexity index is 215. The van der Waals surface area contributed by atoms with Gasteiger partial charge in [-0.15, -0.1) is 0 Å². The van der Waals surface area contributed by atoms with Crippen molar-refractivity contribution in [2.45, 2.75) is 44.7 Å². The first kappa shape index (κ1) is 12.3. The highest BCUT2D eigenvalue weighted by Gasteiger charge is 2.30. The molecule has 2 rings (SSSR count). The molecule has 0 aromatic carbocycles. The van der Waals surface area contributed by atoms with Crippen LogP contribution in [0.4, 0.5) is 0 Å². The van der Waals surface area contributed by atoms with Crippen LogP contribution >= 0.6 is 0 Å². The SMILES string of the molecule is CCN1CCCC1CN(C)CC(N)C1CC1. The number of nitrogens with two attached hydrogens (primary N) is 1. The Labute approximate surface area is 100.0 Å². The van der Waals surface area contributed by atoms with E-state index in [1.165, 1.54) is 45.3 Å². The van der Waals surface area contributed by atoms with Crippen LogP contribution in [-0.2, 0) is 0 Å². The molecular formula is C13H27N3. The normalized spacial score (nSPS) is 28.9. The molecule has 1 heterocycles. The highest BCUT2D eigenvalue weighted by Crippen LogP contribution is 2.31. The van der Waals surface area contributed by atoms with E-state index in [0.29, 0.717) is 6.04 Å². The van der Waals surface area contributed by atoms with Crippen LogP contribution in [0.15, 0.2) is 0 Å². The molecule has 1 aliphatic carbocycles. The summed E-state index contributed by atoms with van der Waals surface area (Å²) in [7, 11) is 2.23. The Balaban J connectivity index is 1.70. The van der Waals surface area contributed by atoms with E-state index in [2.05, 4.69) is 23.8 Å². The quantitative estimate of drug-likeness (QED) is 0.736. The smallest absolute Gasteiger partial charge is 0.0223 e. The van der Waals surface area contributed by atoms with Crippen molar-refractivity contribution in [3.05, 3.63) is 0 Å². The van der Waals surface area contributed by atoms with Gasteiger partial charge in [0.25, 0.3) is 0 Å². The van der Waals surface area contributed by atoms with Crippen molar-refractivity contribution in [2.24, 2.45) is 11.7 Å². The van der Waals surface area contributed by atoms with Gasteiger partial charge >= 0.3 is 0 Å². The van der Waals surface area contributed by atoms with E-state index in [1.54, 1.807) is 0 Å². The van der Waals surface area contributed by atoms with Crippen molar-refractivity contribution < 1.29 is 0 Å². The van der Waals surface area contributed by atoms with Gasteiger partial charge in [-0.25, -0.2) is 0 Å². The predicted molar refractivity (Wildman–Crippen MR) is 68.5 cm³/mol. The van der Waals surface area contributed by atoms with Crippen molar-refractivity contribution >= 4 is 0 Å². The Kier molecular flexibility index (Phi) is 4.22. The predicted octanol–water partition coefficient (Wildman–Crippen LogP) is 1.14. The van der Waals surface area contributed by atoms with Crippen LogP contribution < -0.4 is 5.73 Å². The van der Waals surface area contributed by atoms with E-state index in [-0.39, 0.29) is 0 Å². The van der Waals surface area contributed by atoms with Gasteiger partial charge in [0.15, 0.2) is 0 Å². The van der Waals surface area contributed by atoms with E-state index >= 15 is 0 Å². The van der Waals surface area contributed by atoms with Crippen LogP contribution in [-0.4, -0.2) is 55.1 Å². The van der Waals surface area contributed by atoms with Crippen LogP contribution in [0.5, 0.6) is 0 Å². The molecule has 2 N–H and O–H groups in total. The zero-order valence-corrected chi connectivity index (χ0v) is 10.9. The number of nitrogens with zero attached hydrogens (tertiary/aromatic N) is 2. The van der Waals surface area contributed by atoms with Gasteiger partial charge in [-0.2, -0.15) is 0 Å². The second kappa shape index (κ2) is 5.48. The summed E-state index contributed by atoms with van der Waals surface area (Å²) in [6, 6.07) is 1.20. The molecule has 0 bridgehead atoms. The number of rotatable bonds is 6. The molecule has 0 amide bonds. The molecule has 0 aromatic rings. The molecule has 1 saturated heterocycles. The molecule has 2 fully saturated rings. The zero-order chi connectivity index (χ0) is 11.5. The molecule has 1 saturated carbocycles. The van der Waals surface area contributed by atoms with E-state index in [4.69, 9.17) is 5.73 Å². The summed E-state index contributed by atoms with van der Waals surface area (Å²) in [6.07, 6.45) is 5.47. The minimum absolute atomic E-state index is 0.418. The third-order valence-corrected chi connectivity index (χ3v) is 4.18. The second-order valence-corrected chi connectivity index (χ2v) is 5.65. The topological polar surface area (TPSA) is 32.5 Å². The van der Waals surface area contributed by atoms with Crippen LogP contribution in [0.25, 0.3) is 0 Å². The highest BCUT2D eigenvalue weighted by molar-refractivity contribution is 4.87. The molecule has 0 radical (unpaired) electrons. The van der Waals surface area contributed by atoms with Gasteiger partial charge in [0.05, 0.1) is 0 Å². The lowest BCUT2D eigenvalue weighted by molar-refractivity contribution is 0.190. The van der Waals surface area contributed by atoms with E-state index in [0.717, 1.165) is 18.5 Å². The van der Waals surface area contributed by atoms with Gasteiger partial charge in [-0.1, -0.05) is 6.92 Å². The fourth-order valence-corrected chi connectivity index (χ4v) is 2.99. The maximum atomic E-state index is 6.17. The minimum Gasteiger partial charge on any atom is -0.326 e. The minimum atomic E-state index is 0.418. The summed E-state index contributed by atoms with van der Waals surface area (Å²) < 4.78 is 0. The first-order valence-corrected chi connectivity index (χ1v) is 6.89. The largest absolute Gasteiger partial charge is 0.326 e. The molecule has 16 heavy (non-hydrogen) atoms. The summed E-state index contributed by atoms with van der Waals surface area (Å²) in [5, 5.41) is 0. The van der Waals surface area contributed by atoms with Crippen molar-refractivity contribution in [2.75, 3.05) is 33.2 Å². The average molecular weight is 225 g/mol. The summed E-state index contributed by atoms with van der Waals surface area (Å²) in [4.78, 5) is 5.06. The van der Waals surface area contributed by atoms with Gasteiger partial charge in [0.2, 0.25) is 0 Å². The summed E-state index contributed by atoms with van der Waals surface area (Å²) in [6.45, 7) is 7.05. The molecule has 94 valence electrons. The molecule has 3 nitrogen and oxygen atoms in total. The number of likely N-dealkylation sites (tertiary alicyclic amines) is 1. The Morgan fingerprint density at radius 2 is 2.12 bits per heavy atom. The van der Waals surface area contributed by atoms with Crippen LogP contribution in [0, 0.1) is 5.92 Å². The summed E-state index contributed by atoms with van der Waals surface area (Å²) >= 11 is 0. The lowest BCUT2D eigenvalue weighted by Crippen LogP contribution is -2.43. The van der Waals surface area contributed by atoms with E-state index in [9.17, 15) is 0 Å². The fourth-order valence-electron chi connectivity index (χ4n) is 2.99. The van der Waals surface area contributed by atoms with E-state index < -0.39 is 0 Å². The molecule has 2 atom stereocenters. The molecule has 1 aliphatic heterocycles. The molecule has 0 aromatic heterocycles. The molecule has 2 unspecified atom stereocenters. The first-order chi connectivity index (χ1) is 7.70. The maximum Gasteiger partial charge on any atom is 0.0223 e. The lowest BCUT2D eigenvalue weighted by atomic mass is 10.1. The van der Waals surface area contributed by atoms with Crippen molar-refractivity contribution in [1.29, 1.82) is 0 Å². The number of hydrogen-bond donors (Lipinski definition) is 1. The maximum absolute atomic E-state index is 6.17. The highest BCUT2D eigenvalue weighted by atomic mass is 15.2. The van der Waals surface area contributed by atoms with Crippen molar-refractivity contribution in [1.82, 2.24) is 9.80 Å². The average Bonchev–Trinajstić information content (AvgIpc) is 3.00. The molecule has 2 aliphatic rings. The van der Waals surface area contributed by atoms with Gasteiger partial charge < -0.3 is 10.6 Å². The van der Waals surface area contributed by atoms with Crippen LogP contribution in [0.1, 0.15) is 32.6 Å². The molecule has 3 heteroatoms. The van der Waals surface area contributed by atoms with Gasteiger partial charge in [0, 0.05) is 25.2 Å². The molecule has 0 spiro atoms. The van der Waals surface area contributed by atoms with Gasteiger partial charge in [-0.3, -0.25) is 4.90 Å². The summed E-state index contributed by atoms with van der Waals surface area (Å²) in [5.74, 6) is 0.827. The van der Waals surface area contributed by atoms with Crippen LogP contribution in [0.3, 0.4) is 0 Å². The first-order valence-electron chi connectivity index (χ1n) is 6.89.